The highest BCUT2D eigenvalue weighted by Gasteiger charge is 2.27. The second-order valence-electron chi connectivity index (χ2n) is 5.88. The smallest absolute Gasteiger partial charge is 0.322 e. The van der Waals surface area contributed by atoms with Gasteiger partial charge in [-0.2, -0.15) is 0 Å². The van der Waals surface area contributed by atoms with Gasteiger partial charge in [0.2, 0.25) is 17.7 Å². The number of nitrogens with one attached hydrogen (secondary N) is 3. The molecule has 0 aromatic carbocycles. The SMILES string of the molecule is NCC(=O)NC(CCCN=C(N)N)C(=O)NC(CCC(=O)O)C(=O)NCC(=O)O. The van der Waals surface area contributed by atoms with Crippen molar-refractivity contribution in [3.05, 3.63) is 0 Å². The molecule has 0 heterocycles. The van der Waals surface area contributed by atoms with Crippen molar-refractivity contribution in [2.75, 3.05) is 19.6 Å². The number of hydrogen-bond donors (Lipinski definition) is 8. The highest BCUT2D eigenvalue weighted by atomic mass is 16.4. The van der Waals surface area contributed by atoms with E-state index in [1.165, 1.54) is 0 Å². The van der Waals surface area contributed by atoms with Gasteiger partial charge in [-0.3, -0.25) is 29.0 Å². The number of guanidine groups is 1. The molecule has 0 saturated heterocycles. The summed E-state index contributed by atoms with van der Waals surface area (Å²) in [6, 6.07) is -2.40. The van der Waals surface area contributed by atoms with Gasteiger partial charge < -0.3 is 43.4 Å². The number of aliphatic imine (C=N–C) groups is 1. The van der Waals surface area contributed by atoms with Gasteiger partial charge in [-0.05, 0) is 19.3 Å². The normalized spacial score (nSPS) is 12.2. The van der Waals surface area contributed by atoms with Gasteiger partial charge in [-0.15, -0.1) is 0 Å². The number of carbonyl (C=O) groups excluding carboxylic acids is 3. The van der Waals surface area contributed by atoms with Gasteiger partial charge >= 0.3 is 11.9 Å². The van der Waals surface area contributed by atoms with Crippen LogP contribution < -0.4 is 33.2 Å². The summed E-state index contributed by atoms with van der Waals surface area (Å²) in [6.45, 7) is -0.893. The summed E-state index contributed by atoms with van der Waals surface area (Å²) in [4.78, 5) is 61.3. The minimum absolute atomic E-state index is 0.108. The van der Waals surface area contributed by atoms with Crippen LogP contribution in [0.15, 0.2) is 4.99 Å². The first-order valence-corrected chi connectivity index (χ1v) is 8.63. The zero-order valence-corrected chi connectivity index (χ0v) is 15.7. The molecule has 0 fully saturated rings. The summed E-state index contributed by atoms with van der Waals surface area (Å²) in [5.41, 5.74) is 15.6. The monoisotopic (exact) mass is 417 g/mol. The van der Waals surface area contributed by atoms with Crippen LogP contribution in [0.2, 0.25) is 0 Å². The average Bonchev–Trinajstić information content (AvgIpc) is 2.64. The predicted octanol–water partition coefficient (Wildman–Crippen LogP) is -3.97. The van der Waals surface area contributed by atoms with Crippen LogP contribution in [-0.2, 0) is 24.0 Å². The van der Waals surface area contributed by atoms with E-state index in [0.29, 0.717) is 6.42 Å². The first kappa shape index (κ1) is 25.6. The number of rotatable bonds is 14. The molecule has 0 saturated carbocycles. The van der Waals surface area contributed by atoms with Crippen LogP contribution in [-0.4, -0.2) is 77.6 Å². The van der Waals surface area contributed by atoms with Gasteiger partial charge in [0.05, 0.1) is 6.54 Å². The molecule has 0 aliphatic heterocycles. The minimum Gasteiger partial charge on any atom is -0.481 e. The lowest BCUT2D eigenvalue weighted by atomic mass is 10.1. The Morgan fingerprint density at radius 1 is 0.897 bits per heavy atom. The van der Waals surface area contributed by atoms with Crippen LogP contribution in [0, 0.1) is 0 Å². The Kier molecular flexibility index (Phi) is 12.1. The van der Waals surface area contributed by atoms with Crippen LogP contribution in [0.3, 0.4) is 0 Å². The second kappa shape index (κ2) is 13.7. The molecule has 0 aromatic heterocycles. The first-order valence-electron chi connectivity index (χ1n) is 8.63. The van der Waals surface area contributed by atoms with E-state index < -0.39 is 54.7 Å². The van der Waals surface area contributed by atoms with Crippen LogP contribution in [0.1, 0.15) is 25.7 Å². The van der Waals surface area contributed by atoms with Gasteiger partial charge in [-0.25, -0.2) is 0 Å². The molecule has 14 nitrogen and oxygen atoms in total. The van der Waals surface area contributed by atoms with Crippen LogP contribution in [0.25, 0.3) is 0 Å². The molecule has 2 unspecified atom stereocenters. The van der Waals surface area contributed by atoms with E-state index in [1.807, 2.05) is 0 Å². The molecule has 0 aliphatic rings. The standard InChI is InChI=1S/C15H27N7O7/c16-6-10(23)21-8(2-1-5-19-15(17)18)14(29)22-9(3-4-11(24)25)13(28)20-7-12(26)27/h8-9H,1-7,16H2,(H,20,28)(H,21,23)(H,22,29)(H,24,25)(H,26,27)(H4,17,18,19). The van der Waals surface area contributed by atoms with Crippen LogP contribution >= 0.6 is 0 Å². The van der Waals surface area contributed by atoms with Gasteiger partial charge in [0.1, 0.15) is 18.6 Å². The molecule has 164 valence electrons. The molecule has 2 atom stereocenters. The van der Waals surface area contributed by atoms with Crippen molar-refractivity contribution in [1.82, 2.24) is 16.0 Å². The summed E-state index contributed by atoms with van der Waals surface area (Å²) in [6.07, 6.45) is -0.309. The third kappa shape index (κ3) is 12.6. The third-order valence-electron chi connectivity index (χ3n) is 3.48. The van der Waals surface area contributed by atoms with Gasteiger partial charge in [-0.1, -0.05) is 0 Å². The van der Waals surface area contributed by atoms with E-state index in [4.69, 9.17) is 27.4 Å². The minimum atomic E-state index is -1.31. The van der Waals surface area contributed by atoms with E-state index in [0.717, 1.165) is 0 Å². The largest absolute Gasteiger partial charge is 0.481 e. The Hall–Kier alpha value is -3.42. The van der Waals surface area contributed by atoms with E-state index in [1.54, 1.807) is 0 Å². The lowest BCUT2D eigenvalue weighted by molar-refractivity contribution is -0.140. The molecular weight excluding hydrogens is 390 g/mol. The van der Waals surface area contributed by atoms with Gasteiger partial charge in [0.25, 0.3) is 0 Å². The summed E-state index contributed by atoms with van der Waals surface area (Å²) < 4.78 is 0. The van der Waals surface area contributed by atoms with Crippen molar-refractivity contribution in [2.45, 2.75) is 37.8 Å². The third-order valence-corrected chi connectivity index (χ3v) is 3.48. The number of nitrogens with two attached hydrogens (primary N) is 3. The maximum Gasteiger partial charge on any atom is 0.322 e. The quantitative estimate of drug-likeness (QED) is 0.0772. The van der Waals surface area contributed by atoms with Gasteiger partial charge in [0.15, 0.2) is 5.96 Å². The van der Waals surface area contributed by atoms with Crippen molar-refractivity contribution in [3.8, 4) is 0 Å². The number of carbonyl (C=O) groups is 5. The number of carboxylic acids is 2. The molecule has 14 heteroatoms. The molecule has 29 heavy (non-hydrogen) atoms. The maximum atomic E-state index is 12.5. The number of hydrogen-bond acceptors (Lipinski definition) is 7. The highest BCUT2D eigenvalue weighted by molar-refractivity contribution is 5.93. The number of aliphatic carboxylic acids is 2. The molecule has 11 N–H and O–H groups in total. The molecular formula is C15H27N7O7. The average molecular weight is 417 g/mol. The van der Waals surface area contributed by atoms with E-state index in [-0.39, 0.29) is 31.9 Å². The first-order chi connectivity index (χ1) is 13.6. The Bertz CT molecular complexity index is 635. The summed E-state index contributed by atoms with van der Waals surface area (Å²) in [5.74, 6) is -4.91. The fourth-order valence-corrected chi connectivity index (χ4v) is 2.12. The second-order valence-corrected chi connectivity index (χ2v) is 5.88. The fourth-order valence-electron chi connectivity index (χ4n) is 2.12. The van der Waals surface area contributed by atoms with E-state index in [2.05, 4.69) is 20.9 Å². The summed E-state index contributed by atoms with van der Waals surface area (Å²) >= 11 is 0. The molecule has 3 amide bonds. The predicted molar refractivity (Wildman–Crippen MR) is 100 cm³/mol. The Labute approximate surface area is 166 Å². The van der Waals surface area contributed by atoms with Crippen LogP contribution in [0.5, 0.6) is 0 Å². The lowest BCUT2D eigenvalue weighted by Gasteiger charge is -2.22. The molecule has 0 aliphatic carbocycles. The summed E-state index contributed by atoms with van der Waals surface area (Å²) in [5, 5.41) is 24.2. The van der Waals surface area contributed by atoms with E-state index in [9.17, 15) is 24.0 Å². The topological polar surface area (TPSA) is 252 Å². The van der Waals surface area contributed by atoms with E-state index >= 15 is 0 Å². The molecule has 0 aromatic rings. The molecule has 0 rings (SSSR count). The number of amides is 3. The van der Waals surface area contributed by atoms with Crippen molar-refractivity contribution in [1.29, 1.82) is 0 Å². The molecule has 0 spiro atoms. The number of nitrogens with zero attached hydrogens (tertiary/aromatic N) is 1. The fraction of sp³-hybridized carbons (Fsp3) is 0.600. The Morgan fingerprint density at radius 3 is 2.03 bits per heavy atom. The van der Waals surface area contributed by atoms with Crippen molar-refractivity contribution in [3.63, 3.8) is 0 Å². The number of carboxylic acid groups (broad SMARTS) is 2. The zero-order chi connectivity index (χ0) is 22.4. The maximum absolute atomic E-state index is 12.5. The van der Waals surface area contributed by atoms with Crippen LogP contribution in [0.4, 0.5) is 0 Å². The van der Waals surface area contributed by atoms with Gasteiger partial charge in [0, 0.05) is 13.0 Å². The zero-order valence-electron chi connectivity index (χ0n) is 15.7. The lowest BCUT2D eigenvalue weighted by Crippen LogP contribution is -2.54. The Morgan fingerprint density at radius 2 is 1.52 bits per heavy atom. The molecule has 0 bridgehead atoms. The molecule has 0 radical (unpaired) electrons. The summed E-state index contributed by atoms with van der Waals surface area (Å²) in [7, 11) is 0. The highest BCUT2D eigenvalue weighted by Crippen LogP contribution is 2.03. The van der Waals surface area contributed by atoms with Crippen molar-refractivity contribution < 1.29 is 34.2 Å². The van der Waals surface area contributed by atoms with Crippen molar-refractivity contribution in [2.24, 2.45) is 22.2 Å². The Balaban J connectivity index is 5.14. The van der Waals surface area contributed by atoms with Crippen molar-refractivity contribution >= 4 is 35.6 Å².